The predicted molar refractivity (Wildman–Crippen MR) is 61.5 cm³/mol. The van der Waals surface area contributed by atoms with Crippen molar-refractivity contribution in [2.24, 2.45) is 12.8 Å². The number of aromatic nitrogens is 2. The third-order valence-corrected chi connectivity index (χ3v) is 4.26. The van der Waals surface area contributed by atoms with E-state index < -0.39 is 10.0 Å². The molecule has 6 nitrogen and oxygen atoms in total. The Hall–Kier alpha value is -0.920. The average Bonchev–Trinajstić information content (AvgIpc) is 2.40. The summed E-state index contributed by atoms with van der Waals surface area (Å²) in [6.07, 6.45) is 0. The molecule has 0 aliphatic rings. The van der Waals surface area contributed by atoms with Gasteiger partial charge in [-0.05, 0) is 20.8 Å². The number of nitrogens with two attached hydrogens (primary N) is 1. The molecule has 0 unspecified atom stereocenters. The molecule has 92 valence electrons. The highest BCUT2D eigenvalue weighted by Gasteiger charge is 2.24. The maximum atomic E-state index is 12.0. The van der Waals surface area contributed by atoms with E-state index in [1.165, 1.54) is 0 Å². The zero-order chi connectivity index (χ0) is 12.5. The largest absolute Gasteiger partial charge is 0.329 e. The fourth-order valence-corrected chi connectivity index (χ4v) is 3.21. The number of nitrogens with zero attached hydrogens (tertiary/aromatic N) is 2. The van der Waals surface area contributed by atoms with E-state index in [1.54, 1.807) is 32.5 Å². The Labute approximate surface area is 95.9 Å². The van der Waals surface area contributed by atoms with E-state index in [2.05, 4.69) is 9.82 Å². The first kappa shape index (κ1) is 13.1. The van der Waals surface area contributed by atoms with Gasteiger partial charge in [-0.2, -0.15) is 5.10 Å². The van der Waals surface area contributed by atoms with E-state index in [0.717, 1.165) is 0 Å². The van der Waals surface area contributed by atoms with Crippen LogP contribution in [-0.4, -0.2) is 30.8 Å². The molecule has 0 aromatic carbocycles. The van der Waals surface area contributed by atoms with Crippen molar-refractivity contribution in [1.82, 2.24) is 14.5 Å². The number of rotatable bonds is 4. The van der Waals surface area contributed by atoms with Crippen LogP contribution in [0.4, 0.5) is 0 Å². The second kappa shape index (κ2) is 4.52. The molecule has 0 fully saturated rings. The van der Waals surface area contributed by atoms with Crippen LogP contribution in [0, 0.1) is 13.8 Å². The molecule has 0 radical (unpaired) electrons. The third kappa shape index (κ3) is 2.42. The van der Waals surface area contributed by atoms with E-state index in [4.69, 9.17) is 5.73 Å². The molecule has 1 heterocycles. The molecular weight excluding hydrogens is 228 g/mol. The molecule has 16 heavy (non-hydrogen) atoms. The van der Waals surface area contributed by atoms with Crippen molar-refractivity contribution in [1.29, 1.82) is 0 Å². The van der Waals surface area contributed by atoms with Crippen molar-refractivity contribution in [3.63, 3.8) is 0 Å². The van der Waals surface area contributed by atoms with Crippen LogP contribution in [0.2, 0.25) is 0 Å². The normalized spacial score (nSPS) is 14.1. The minimum Gasteiger partial charge on any atom is -0.329 e. The molecule has 0 amide bonds. The number of nitrogens with one attached hydrogen (secondary N) is 1. The highest BCUT2D eigenvalue weighted by molar-refractivity contribution is 7.89. The van der Waals surface area contributed by atoms with Gasteiger partial charge in [-0.15, -0.1) is 0 Å². The Kier molecular flexibility index (Phi) is 3.72. The summed E-state index contributed by atoms with van der Waals surface area (Å²) in [7, 11) is -1.81. The van der Waals surface area contributed by atoms with Gasteiger partial charge in [0, 0.05) is 19.6 Å². The van der Waals surface area contributed by atoms with Crippen LogP contribution < -0.4 is 10.5 Å². The van der Waals surface area contributed by atoms with Crippen molar-refractivity contribution in [2.45, 2.75) is 31.7 Å². The fourth-order valence-electron chi connectivity index (χ4n) is 1.51. The first-order valence-electron chi connectivity index (χ1n) is 5.02. The van der Waals surface area contributed by atoms with Crippen LogP contribution in [0.5, 0.6) is 0 Å². The summed E-state index contributed by atoms with van der Waals surface area (Å²) < 4.78 is 28.1. The lowest BCUT2D eigenvalue weighted by Gasteiger charge is -2.12. The van der Waals surface area contributed by atoms with Gasteiger partial charge >= 0.3 is 0 Å². The molecule has 1 aromatic heterocycles. The lowest BCUT2D eigenvalue weighted by Crippen LogP contribution is -2.38. The number of sulfonamides is 1. The van der Waals surface area contributed by atoms with E-state index in [-0.39, 0.29) is 17.5 Å². The molecule has 7 heteroatoms. The van der Waals surface area contributed by atoms with Crippen molar-refractivity contribution in [3.8, 4) is 0 Å². The molecule has 0 aliphatic carbocycles. The van der Waals surface area contributed by atoms with Crippen LogP contribution in [0.25, 0.3) is 0 Å². The lowest BCUT2D eigenvalue weighted by molar-refractivity contribution is 0.561. The van der Waals surface area contributed by atoms with Gasteiger partial charge in [-0.1, -0.05) is 0 Å². The standard InChI is InChI=1S/C9H18N4O2S/c1-6(5-10)12-16(14,15)9-7(2)11-13(4)8(9)3/h6,12H,5,10H2,1-4H3/t6-/m1/s1. The smallest absolute Gasteiger partial charge is 0.244 e. The summed E-state index contributed by atoms with van der Waals surface area (Å²) in [6.45, 7) is 5.38. The molecule has 0 saturated carbocycles. The zero-order valence-electron chi connectivity index (χ0n) is 9.98. The Balaban J connectivity index is 3.17. The fraction of sp³-hybridized carbons (Fsp3) is 0.667. The van der Waals surface area contributed by atoms with Crippen LogP contribution in [-0.2, 0) is 17.1 Å². The third-order valence-electron chi connectivity index (χ3n) is 2.42. The Morgan fingerprint density at radius 2 is 2.06 bits per heavy atom. The molecule has 3 N–H and O–H groups in total. The van der Waals surface area contributed by atoms with E-state index in [9.17, 15) is 8.42 Å². The highest BCUT2D eigenvalue weighted by Crippen LogP contribution is 2.18. The molecule has 0 aliphatic heterocycles. The van der Waals surface area contributed by atoms with Gasteiger partial charge in [0.1, 0.15) is 4.90 Å². The Bertz CT molecular complexity index is 478. The van der Waals surface area contributed by atoms with Crippen LogP contribution in [0.1, 0.15) is 18.3 Å². The Morgan fingerprint density at radius 3 is 2.44 bits per heavy atom. The van der Waals surface area contributed by atoms with Crippen LogP contribution in [0.3, 0.4) is 0 Å². The number of hydrogen-bond acceptors (Lipinski definition) is 4. The van der Waals surface area contributed by atoms with Gasteiger partial charge in [-0.3, -0.25) is 4.68 Å². The van der Waals surface area contributed by atoms with E-state index in [1.807, 2.05) is 0 Å². The molecule has 1 rings (SSSR count). The van der Waals surface area contributed by atoms with Gasteiger partial charge < -0.3 is 5.73 Å². The summed E-state index contributed by atoms with van der Waals surface area (Å²) in [5.74, 6) is 0. The molecule has 1 atom stereocenters. The van der Waals surface area contributed by atoms with Crippen molar-refractivity contribution in [2.75, 3.05) is 6.54 Å². The number of hydrogen-bond donors (Lipinski definition) is 2. The van der Waals surface area contributed by atoms with Crippen LogP contribution >= 0.6 is 0 Å². The summed E-state index contributed by atoms with van der Waals surface area (Å²) in [6, 6.07) is -0.288. The second-order valence-electron chi connectivity index (χ2n) is 3.88. The van der Waals surface area contributed by atoms with Gasteiger partial charge in [0.15, 0.2) is 0 Å². The van der Waals surface area contributed by atoms with Gasteiger partial charge in [-0.25, -0.2) is 13.1 Å². The Morgan fingerprint density at radius 1 is 1.50 bits per heavy atom. The van der Waals surface area contributed by atoms with E-state index >= 15 is 0 Å². The molecule has 0 bridgehead atoms. The van der Waals surface area contributed by atoms with Gasteiger partial charge in [0.25, 0.3) is 0 Å². The topological polar surface area (TPSA) is 90.0 Å². The monoisotopic (exact) mass is 246 g/mol. The quantitative estimate of drug-likeness (QED) is 0.760. The maximum Gasteiger partial charge on any atom is 0.244 e. The minimum absolute atomic E-state index is 0.246. The summed E-state index contributed by atoms with van der Waals surface area (Å²) in [5.41, 5.74) is 6.51. The average molecular weight is 246 g/mol. The maximum absolute atomic E-state index is 12.0. The summed E-state index contributed by atoms with van der Waals surface area (Å²) in [5, 5.41) is 4.08. The molecular formula is C9H18N4O2S. The lowest BCUT2D eigenvalue weighted by atomic mass is 10.4. The van der Waals surface area contributed by atoms with Crippen LogP contribution in [0.15, 0.2) is 4.90 Å². The molecule has 1 aromatic rings. The molecule has 0 saturated heterocycles. The summed E-state index contributed by atoms with van der Waals surface area (Å²) in [4.78, 5) is 0.246. The minimum atomic E-state index is -3.53. The van der Waals surface area contributed by atoms with Crippen molar-refractivity contribution < 1.29 is 8.42 Å². The second-order valence-corrected chi connectivity index (χ2v) is 5.53. The first-order chi connectivity index (χ1) is 7.29. The summed E-state index contributed by atoms with van der Waals surface area (Å²) >= 11 is 0. The highest BCUT2D eigenvalue weighted by atomic mass is 32.2. The predicted octanol–water partition coefficient (Wildman–Crippen LogP) is -0.338. The van der Waals surface area contributed by atoms with E-state index in [0.29, 0.717) is 11.4 Å². The zero-order valence-corrected chi connectivity index (χ0v) is 10.8. The van der Waals surface area contributed by atoms with Gasteiger partial charge in [0.05, 0.1) is 11.4 Å². The SMILES string of the molecule is Cc1nn(C)c(C)c1S(=O)(=O)N[C@H](C)CN. The number of aryl methyl sites for hydroxylation is 2. The van der Waals surface area contributed by atoms with Crippen molar-refractivity contribution in [3.05, 3.63) is 11.4 Å². The first-order valence-corrected chi connectivity index (χ1v) is 6.50. The molecule has 0 spiro atoms. The van der Waals surface area contributed by atoms with Crippen molar-refractivity contribution >= 4 is 10.0 Å². The van der Waals surface area contributed by atoms with Gasteiger partial charge in [0.2, 0.25) is 10.0 Å².